The molecule has 1 saturated carbocycles. The number of esters is 1. The normalized spacial score (nSPS) is 18.7. The zero-order valence-corrected chi connectivity index (χ0v) is 23.0. The zero-order valence-electron chi connectivity index (χ0n) is 20.8. The molecule has 8 nitrogen and oxygen atoms in total. The van der Waals surface area contributed by atoms with Crippen LogP contribution >= 0.6 is 22.6 Å². The fourth-order valence-corrected chi connectivity index (χ4v) is 4.32. The number of nitrogens with zero attached hydrogens (tertiary/aromatic N) is 4. The van der Waals surface area contributed by atoms with E-state index in [1.54, 1.807) is 11.9 Å². The lowest BCUT2D eigenvalue weighted by Gasteiger charge is -2.38. The van der Waals surface area contributed by atoms with Crippen molar-refractivity contribution < 1.29 is 19.1 Å². The summed E-state index contributed by atoms with van der Waals surface area (Å²) in [7, 11) is 3.84. The predicted octanol–water partition coefficient (Wildman–Crippen LogP) is 4.37. The quantitative estimate of drug-likeness (QED) is 0.246. The smallest absolute Gasteiger partial charge is 0.410 e. The molecule has 1 aliphatic rings. The number of halogens is 1. The Morgan fingerprint density at radius 2 is 1.79 bits per heavy atom. The van der Waals surface area contributed by atoms with Gasteiger partial charge in [0.15, 0.2) is 0 Å². The Morgan fingerprint density at radius 1 is 1.12 bits per heavy atom. The van der Waals surface area contributed by atoms with Crippen LogP contribution in [0.5, 0.6) is 0 Å². The number of ether oxygens (including phenoxy) is 2. The van der Waals surface area contributed by atoms with E-state index in [2.05, 4.69) is 56.6 Å². The standard InChI is InChI=1S/C24H39IN4O4/c1-18(30)32-17-29(14-13-27(5)23(31)33-24(2,3)4)21-10-7-19(8-11-21)16-28(6)22-12-9-20(25)15-26-22/h9,12,15,19,21H,7-8,10-11,13-14,16-17H2,1-6H3/t19-,21-. The molecule has 0 bridgehead atoms. The first-order valence-electron chi connectivity index (χ1n) is 11.6. The molecule has 0 aromatic carbocycles. The number of carbonyl (C=O) groups excluding carboxylic acids is 2. The molecule has 0 saturated heterocycles. The lowest BCUT2D eigenvalue weighted by atomic mass is 9.85. The number of hydrogen-bond acceptors (Lipinski definition) is 7. The van der Waals surface area contributed by atoms with Crippen molar-refractivity contribution in [2.75, 3.05) is 45.4 Å². The summed E-state index contributed by atoms with van der Waals surface area (Å²) in [5.41, 5.74) is -0.526. The van der Waals surface area contributed by atoms with E-state index in [4.69, 9.17) is 9.47 Å². The summed E-state index contributed by atoms with van der Waals surface area (Å²) in [6, 6.07) is 4.47. The molecule has 1 aromatic heterocycles. The first-order valence-corrected chi connectivity index (χ1v) is 12.7. The van der Waals surface area contributed by atoms with Crippen LogP contribution in [0.1, 0.15) is 53.4 Å². The van der Waals surface area contributed by atoms with Crippen molar-refractivity contribution in [3.63, 3.8) is 0 Å². The van der Waals surface area contributed by atoms with Crippen molar-refractivity contribution >= 4 is 40.5 Å². The minimum absolute atomic E-state index is 0.249. The predicted molar refractivity (Wildman–Crippen MR) is 138 cm³/mol. The third kappa shape index (κ3) is 10.0. The Labute approximate surface area is 212 Å². The maximum absolute atomic E-state index is 12.3. The van der Waals surface area contributed by atoms with Crippen LogP contribution in [0.15, 0.2) is 18.3 Å². The molecular formula is C24H39IN4O4. The lowest BCUT2D eigenvalue weighted by molar-refractivity contribution is -0.147. The van der Waals surface area contributed by atoms with Gasteiger partial charge in [0.25, 0.3) is 0 Å². The molecule has 0 spiro atoms. The summed E-state index contributed by atoms with van der Waals surface area (Å²) in [5.74, 6) is 1.31. The number of likely N-dealkylation sites (N-methyl/N-ethyl adjacent to an activating group) is 1. The molecule has 0 radical (unpaired) electrons. The second-order valence-corrected chi connectivity index (χ2v) is 11.1. The van der Waals surface area contributed by atoms with Gasteiger partial charge in [-0.05, 0) is 87.1 Å². The Hall–Kier alpha value is -1.62. The second-order valence-electron chi connectivity index (χ2n) is 9.87. The number of aromatic nitrogens is 1. The fourth-order valence-electron chi connectivity index (χ4n) is 4.00. The van der Waals surface area contributed by atoms with E-state index in [-0.39, 0.29) is 18.8 Å². The van der Waals surface area contributed by atoms with Crippen LogP contribution in [0.4, 0.5) is 10.6 Å². The molecule has 9 heteroatoms. The molecule has 1 amide bonds. The van der Waals surface area contributed by atoms with E-state index < -0.39 is 5.60 Å². The summed E-state index contributed by atoms with van der Waals surface area (Å²) in [6.45, 7) is 9.37. The molecule has 186 valence electrons. The first-order chi connectivity index (χ1) is 15.4. The van der Waals surface area contributed by atoms with Crippen molar-refractivity contribution in [3.05, 3.63) is 21.9 Å². The fraction of sp³-hybridized carbons (Fsp3) is 0.708. The molecule has 1 aromatic rings. The highest BCUT2D eigenvalue weighted by Gasteiger charge is 2.28. The molecule has 0 aliphatic heterocycles. The van der Waals surface area contributed by atoms with E-state index in [1.807, 2.05) is 27.0 Å². The highest BCUT2D eigenvalue weighted by atomic mass is 127. The van der Waals surface area contributed by atoms with Gasteiger partial charge in [-0.3, -0.25) is 9.69 Å². The van der Waals surface area contributed by atoms with Crippen molar-refractivity contribution in [3.8, 4) is 0 Å². The summed E-state index contributed by atoms with van der Waals surface area (Å²) in [4.78, 5) is 34.2. The monoisotopic (exact) mass is 574 g/mol. The van der Waals surface area contributed by atoms with Gasteiger partial charge in [0.2, 0.25) is 0 Å². The number of pyridine rings is 1. The molecule has 0 N–H and O–H groups in total. The molecule has 2 rings (SSSR count). The van der Waals surface area contributed by atoms with Gasteiger partial charge in [-0.1, -0.05) is 0 Å². The van der Waals surface area contributed by atoms with Gasteiger partial charge in [-0.15, -0.1) is 0 Å². The molecule has 1 fully saturated rings. The van der Waals surface area contributed by atoms with Crippen LogP contribution in [-0.2, 0) is 14.3 Å². The van der Waals surface area contributed by atoms with Gasteiger partial charge >= 0.3 is 12.1 Å². The summed E-state index contributed by atoms with van der Waals surface area (Å²) in [5, 5.41) is 0. The van der Waals surface area contributed by atoms with E-state index in [9.17, 15) is 9.59 Å². The van der Waals surface area contributed by atoms with Crippen LogP contribution in [0, 0.1) is 9.49 Å². The van der Waals surface area contributed by atoms with Crippen molar-refractivity contribution in [1.29, 1.82) is 0 Å². The Morgan fingerprint density at radius 3 is 2.33 bits per heavy atom. The van der Waals surface area contributed by atoms with Crippen LogP contribution < -0.4 is 4.90 Å². The molecule has 0 atom stereocenters. The maximum atomic E-state index is 12.3. The van der Waals surface area contributed by atoms with Crippen LogP contribution in [0.3, 0.4) is 0 Å². The third-order valence-electron chi connectivity index (χ3n) is 5.83. The Balaban J connectivity index is 1.87. The van der Waals surface area contributed by atoms with E-state index >= 15 is 0 Å². The number of rotatable bonds is 9. The minimum Gasteiger partial charge on any atom is -0.450 e. The largest absolute Gasteiger partial charge is 0.450 e. The van der Waals surface area contributed by atoms with Crippen molar-refractivity contribution in [2.45, 2.75) is 65.0 Å². The van der Waals surface area contributed by atoms with Crippen LogP contribution in [-0.4, -0.2) is 78.9 Å². The van der Waals surface area contributed by atoms with Crippen LogP contribution in [0.2, 0.25) is 0 Å². The van der Waals surface area contributed by atoms with Crippen molar-refractivity contribution in [1.82, 2.24) is 14.8 Å². The van der Waals surface area contributed by atoms with Gasteiger partial charge in [-0.25, -0.2) is 9.78 Å². The highest BCUT2D eigenvalue weighted by molar-refractivity contribution is 14.1. The van der Waals surface area contributed by atoms with Gasteiger partial charge in [0, 0.05) is 56.5 Å². The number of carbonyl (C=O) groups is 2. The number of anilines is 1. The van der Waals surface area contributed by atoms with Crippen LogP contribution in [0.25, 0.3) is 0 Å². The van der Waals surface area contributed by atoms with Gasteiger partial charge in [-0.2, -0.15) is 0 Å². The zero-order chi connectivity index (χ0) is 24.6. The molecule has 1 heterocycles. The van der Waals surface area contributed by atoms with E-state index in [1.165, 1.54) is 6.92 Å². The average Bonchev–Trinajstić information content (AvgIpc) is 2.73. The molecule has 1 aliphatic carbocycles. The molecule has 33 heavy (non-hydrogen) atoms. The minimum atomic E-state index is -0.526. The second kappa shape index (κ2) is 12.7. The first kappa shape index (κ1) is 27.6. The van der Waals surface area contributed by atoms with E-state index in [0.29, 0.717) is 25.0 Å². The molecular weight excluding hydrogens is 535 g/mol. The Kier molecular flexibility index (Phi) is 10.7. The lowest BCUT2D eigenvalue weighted by Crippen LogP contribution is -2.45. The average molecular weight is 575 g/mol. The number of amides is 1. The highest BCUT2D eigenvalue weighted by Crippen LogP contribution is 2.29. The van der Waals surface area contributed by atoms with Crippen molar-refractivity contribution in [2.24, 2.45) is 5.92 Å². The van der Waals surface area contributed by atoms with Gasteiger partial charge in [0.1, 0.15) is 18.1 Å². The van der Waals surface area contributed by atoms with E-state index in [0.717, 1.165) is 41.6 Å². The summed E-state index contributed by atoms with van der Waals surface area (Å²) >= 11 is 2.27. The third-order valence-corrected chi connectivity index (χ3v) is 6.47. The number of hydrogen-bond donors (Lipinski definition) is 0. The maximum Gasteiger partial charge on any atom is 0.410 e. The summed E-state index contributed by atoms with van der Waals surface area (Å²) in [6.07, 6.45) is 5.85. The van der Waals surface area contributed by atoms with Gasteiger partial charge in [0.05, 0.1) is 0 Å². The Bertz CT molecular complexity index is 761. The van der Waals surface area contributed by atoms with Gasteiger partial charge < -0.3 is 19.3 Å². The topological polar surface area (TPSA) is 75.2 Å². The summed E-state index contributed by atoms with van der Waals surface area (Å²) < 4.78 is 11.9. The SMILES string of the molecule is CC(=O)OCN(CCN(C)C(=O)OC(C)(C)C)[C@H]1CC[C@H](CN(C)c2ccc(I)cn2)CC1. The molecule has 0 unspecified atom stereocenters.